The number of nitrogens with zero attached hydrogens (tertiary/aromatic N) is 1. The van der Waals surface area contributed by atoms with Crippen molar-refractivity contribution in [3.63, 3.8) is 0 Å². The molecule has 1 fully saturated rings. The Morgan fingerprint density at radius 1 is 1.20 bits per heavy atom. The first-order valence-electron chi connectivity index (χ1n) is 10.7. The van der Waals surface area contributed by atoms with Crippen molar-refractivity contribution in [2.24, 2.45) is 5.92 Å². The van der Waals surface area contributed by atoms with E-state index >= 15 is 0 Å². The highest BCUT2D eigenvalue weighted by atomic mass is 19.1. The molecule has 2 aromatic rings. The van der Waals surface area contributed by atoms with Gasteiger partial charge in [-0.1, -0.05) is 30.3 Å². The topological polar surface area (TPSA) is 41.6 Å². The zero-order chi connectivity index (χ0) is 21.8. The van der Waals surface area contributed by atoms with Crippen LogP contribution in [-0.2, 0) is 11.3 Å². The standard InChI is InChI=1S/C25H33FN2O2/c1-16-11-21(12-17(2)28(16)15-20-9-7-6-8-10-20)19(4)27-24-14-22(26)13-23(18(24)3)25(29)30-5/h6-10,13-14,16-17,19,21,27H,11-12,15H2,1-5H3. The number of hydrogen-bond acceptors (Lipinski definition) is 4. The largest absolute Gasteiger partial charge is 0.465 e. The van der Waals surface area contributed by atoms with Gasteiger partial charge in [0.05, 0.1) is 12.7 Å². The molecule has 0 saturated carbocycles. The fourth-order valence-electron chi connectivity index (χ4n) is 4.71. The summed E-state index contributed by atoms with van der Waals surface area (Å²) in [5.41, 5.74) is 2.99. The van der Waals surface area contributed by atoms with Crippen molar-refractivity contribution in [3.8, 4) is 0 Å². The molecule has 0 spiro atoms. The van der Waals surface area contributed by atoms with E-state index in [1.165, 1.54) is 24.8 Å². The first-order chi connectivity index (χ1) is 14.3. The number of carbonyl (C=O) groups excluding carboxylic acids is 1. The van der Waals surface area contributed by atoms with Crippen molar-refractivity contribution in [3.05, 3.63) is 65.0 Å². The molecular weight excluding hydrogens is 379 g/mol. The number of esters is 1. The summed E-state index contributed by atoms with van der Waals surface area (Å²) in [4.78, 5) is 14.5. The minimum atomic E-state index is -0.515. The van der Waals surface area contributed by atoms with Crippen LogP contribution in [-0.4, -0.2) is 36.1 Å². The van der Waals surface area contributed by atoms with E-state index in [1.54, 1.807) is 0 Å². The van der Waals surface area contributed by atoms with Crippen molar-refractivity contribution < 1.29 is 13.9 Å². The summed E-state index contributed by atoms with van der Waals surface area (Å²) in [5.74, 6) is -0.486. The van der Waals surface area contributed by atoms with Crippen LogP contribution in [0.15, 0.2) is 42.5 Å². The maximum atomic E-state index is 14.1. The zero-order valence-corrected chi connectivity index (χ0v) is 18.6. The second-order valence-corrected chi connectivity index (χ2v) is 8.64. The molecule has 162 valence electrons. The number of anilines is 1. The van der Waals surface area contributed by atoms with Crippen LogP contribution in [0.5, 0.6) is 0 Å². The normalized spacial score (nSPS) is 23.1. The van der Waals surface area contributed by atoms with Crippen molar-refractivity contribution in [2.75, 3.05) is 12.4 Å². The number of halogens is 1. The van der Waals surface area contributed by atoms with Crippen molar-refractivity contribution in [1.82, 2.24) is 4.90 Å². The molecular formula is C25H33FN2O2. The number of carbonyl (C=O) groups is 1. The fourth-order valence-corrected chi connectivity index (χ4v) is 4.71. The number of methoxy groups -OCH3 is 1. The second kappa shape index (κ2) is 9.61. The van der Waals surface area contributed by atoms with Crippen molar-refractivity contribution in [2.45, 2.75) is 65.2 Å². The lowest BCUT2D eigenvalue weighted by molar-refractivity contribution is 0.0583. The molecule has 0 aliphatic carbocycles. The van der Waals surface area contributed by atoms with Crippen LogP contribution >= 0.6 is 0 Å². The van der Waals surface area contributed by atoms with Gasteiger partial charge in [0, 0.05) is 30.4 Å². The van der Waals surface area contributed by atoms with Crippen LogP contribution < -0.4 is 5.32 Å². The average molecular weight is 413 g/mol. The number of likely N-dealkylation sites (tertiary alicyclic amines) is 1. The highest BCUT2D eigenvalue weighted by Gasteiger charge is 2.33. The third kappa shape index (κ3) is 5.01. The molecule has 0 aromatic heterocycles. The van der Waals surface area contributed by atoms with E-state index in [2.05, 4.69) is 61.3 Å². The summed E-state index contributed by atoms with van der Waals surface area (Å²) in [6.45, 7) is 9.53. The number of rotatable bonds is 6. The molecule has 5 heteroatoms. The minimum absolute atomic E-state index is 0.166. The van der Waals surface area contributed by atoms with E-state index in [4.69, 9.17) is 4.74 Å². The van der Waals surface area contributed by atoms with Gasteiger partial charge in [0.2, 0.25) is 0 Å². The van der Waals surface area contributed by atoms with Gasteiger partial charge in [-0.25, -0.2) is 9.18 Å². The molecule has 0 amide bonds. The molecule has 30 heavy (non-hydrogen) atoms. The van der Waals surface area contributed by atoms with E-state index < -0.39 is 11.8 Å². The second-order valence-electron chi connectivity index (χ2n) is 8.64. The molecule has 3 atom stereocenters. The lowest BCUT2D eigenvalue weighted by Gasteiger charge is -2.44. The van der Waals surface area contributed by atoms with Gasteiger partial charge in [-0.15, -0.1) is 0 Å². The molecule has 1 aliphatic rings. The third-order valence-electron chi connectivity index (χ3n) is 6.50. The summed E-state index contributed by atoms with van der Waals surface area (Å²) >= 11 is 0. The highest BCUT2D eigenvalue weighted by molar-refractivity contribution is 5.92. The Morgan fingerprint density at radius 3 is 2.43 bits per heavy atom. The quantitative estimate of drug-likeness (QED) is 0.644. The first kappa shape index (κ1) is 22.3. The number of hydrogen-bond donors (Lipinski definition) is 1. The van der Waals surface area contributed by atoms with Gasteiger partial charge in [0.25, 0.3) is 0 Å². The Hall–Kier alpha value is -2.40. The lowest BCUT2D eigenvalue weighted by Crippen LogP contribution is -2.49. The predicted octanol–water partition coefficient (Wildman–Crippen LogP) is 5.41. The summed E-state index contributed by atoms with van der Waals surface area (Å²) in [6.07, 6.45) is 2.15. The van der Waals surface area contributed by atoms with E-state index in [-0.39, 0.29) is 11.6 Å². The minimum Gasteiger partial charge on any atom is -0.465 e. The fraction of sp³-hybridized carbons (Fsp3) is 0.480. The molecule has 1 saturated heterocycles. The van der Waals surface area contributed by atoms with E-state index in [0.717, 1.165) is 24.9 Å². The Kier molecular flexibility index (Phi) is 7.14. The summed E-state index contributed by atoms with van der Waals surface area (Å²) in [6, 6.07) is 14.4. The molecule has 1 aliphatic heterocycles. The third-order valence-corrected chi connectivity index (χ3v) is 6.50. The van der Waals surface area contributed by atoms with Gasteiger partial charge in [0.15, 0.2) is 0 Å². The van der Waals surface area contributed by atoms with Gasteiger partial charge < -0.3 is 10.1 Å². The smallest absolute Gasteiger partial charge is 0.338 e. The Morgan fingerprint density at radius 2 is 1.83 bits per heavy atom. The van der Waals surface area contributed by atoms with E-state index in [1.807, 2.05) is 6.92 Å². The summed E-state index contributed by atoms with van der Waals surface area (Å²) in [7, 11) is 1.31. The Balaban J connectivity index is 1.69. The van der Waals surface area contributed by atoms with Crippen LogP contribution in [0.2, 0.25) is 0 Å². The zero-order valence-electron chi connectivity index (χ0n) is 18.6. The monoisotopic (exact) mass is 412 g/mol. The number of piperidine rings is 1. The molecule has 1 heterocycles. The highest BCUT2D eigenvalue weighted by Crippen LogP contribution is 2.33. The lowest BCUT2D eigenvalue weighted by atomic mass is 9.82. The molecule has 3 unspecified atom stereocenters. The Labute approximate surface area is 179 Å². The van der Waals surface area contributed by atoms with Gasteiger partial charge in [0.1, 0.15) is 5.82 Å². The van der Waals surface area contributed by atoms with Gasteiger partial charge in [-0.2, -0.15) is 0 Å². The van der Waals surface area contributed by atoms with Crippen LogP contribution in [0, 0.1) is 18.7 Å². The maximum Gasteiger partial charge on any atom is 0.338 e. The molecule has 4 nitrogen and oxygen atoms in total. The van der Waals surface area contributed by atoms with Gasteiger partial charge in [-0.05, 0) is 69.7 Å². The predicted molar refractivity (Wildman–Crippen MR) is 119 cm³/mol. The molecule has 0 radical (unpaired) electrons. The van der Waals surface area contributed by atoms with Crippen molar-refractivity contribution in [1.29, 1.82) is 0 Å². The van der Waals surface area contributed by atoms with Crippen molar-refractivity contribution >= 4 is 11.7 Å². The number of benzene rings is 2. The SMILES string of the molecule is COC(=O)c1cc(F)cc(NC(C)C2CC(C)N(Cc3ccccc3)C(C)C2)c1C. The molecule has 1 N–H and O–H groups in total. The average Bonchev–Trinajstić information content (AvgIpc) is 2.73. The first-order valence-corrected chi connectivity index (χ1v) is 10.7. The van der Waals surface area contributed by atoms with Crippen LogP contribution in [0.1, 0.15) is 55.1 Å². The Bertz CT molecular complexity index is 859. The number of ether oxygens (including phenoxy) is 1. The maximum absolute atomic E-state index is 14.1. The van der Waals surface area contributed by atoms with Crippen LogP contribution in [0.3, 0.4) is 0 Å². The molecule has 0 bridgehead atoms. The summed E-state index contributed by atoms with van der Waals surface area (Å²) in [5, 5.41) is 3.48. The van der Waals surface area contributed by atoms with Crippen LogP contribution in [0.25, 0.3) is 0 Å². The van der Waals surface area contributed by atoms with Crippen LogP contribution in [0.4, 0.5) is 10.1 Å². The van der Waals surface area contributed by atoms with Gasteiger partial charge in [-0.3, -0.25) is 4.90 Å². The van der Waals surface area contributed by atoms with E-state index in [0.29, 0.717) is 23.7 Å². The molecule has 2 aromatic carbocycles. The van der Waals surface area contributed by atoms with Gasteiger partial charge >= 0.3 is 5.97 Å². The summed E-state index contributed by atoms with van der Waals surface area (Å²) < 4.78 is 18.9. The molecule has 3 rings (SSSR count). The van der Waals surface area contributed by atoms with E-state index in [9.17, 15) is 9.18 Å². The number of nitrogens with one attached hydrogen (secondary N) is 1.